The van der Waals surface area contributed by atoms with Gasteiger partial charge in [0, 0.05) is 19.2 Å². The predicted octanol–water partition coefficient (Wildman–Crippen LogP) is 2.81. The number of carbonyl (C=O) groups is 1. The molecule has 0 bridgehead atoms. The quantitative estimate of drug-likeness (QED) is 0.589. The Morgan fingerprint density at radius 1 is 1.14 bits per heavy atom. The van der Waals surface area contributed by atoms with E-state index in [4.69, 9.17) is 9.47 Å². The second-order valence-electron chi connectivity index (χ2n) is 5.91. The van der Waals surface area contributed by atoms with E-state index in [2.05, 4.69) is 10.4 Å². The molecule has 3 aromatic rings. The van der Waals surface area contributed by atoms with Crippen LogP contribution < -0.4 is 20.3 Å². The molecule has 0 aliphatic carbocycles. The predicted molar refractivity (Wildman–Crippen MR) is 108 cm³/mol. The smallest absolute Gasteiger partial charge is 0.266 e. The maximum atomic E-state index is 12.5. The maximum absolute atomic E-state index is 12.5. The minimum atomic E-state index is -0.261. The average Bonchev–Trinajstić information content (AvgIpc) is 3.26. The van der Waals surface area contributed by atoms with Crippen LogP contribution in [0.4, 0.5) is 0 Å². The molecule has 0 unspecified atom stereocenters. The Morgan fingerprint density at radius 3 is 2.71 bits per heavy atom. The first-order valence-electron chi connectivity index (χ1n) is 8.75. The van der Waals surface area contributed by atoms with Crippen molar-refractivity contribution in [2.75, 3.05) is 20.8 Å². The summed E-state index contributed by atoms with van der Waals surface area (Å²) >= 11 is 1.57. The fraction of sp³-hybridized carbons (Fsp3) is 0.250. The molecule has 8 heteroatoms. The molecule has 0 saturated heterocycles. The standard InChI is InChI=1S/C20H21N3O4S/c1-26-16-7-3-6-14(19(16)27-2)20(25)21-11-5-12-23-18(24)10-9-15(22-23)17-8-4-13-28-17/h3-4,6-10,13H,5,11-12H2,1-2H3,(H,21,25). The molecular weight excluding hydrogens is 378 g/mol. The van der Waals surface area contributed by atoms with Crippen LogP contribution in [0.15, 0.2) is 52.6 Å². The molecule has 0 aliphatic heterocycles. The Hall–Kier alpha value is -3.13. The Bertz CT molecular complexity index is 999. The summed E-state index contributed by atoms with van der Waals surface area (Å²) in [5, 5.41) is 9.21. The zero-order chi connectivity index (χ0) is 19.9. The number of aryl methyl sites for hydroxylation is 1. The van der Waals surface area contributed by atoms with Gasteiger partial charge in [0.05, 0.1) is 24.7 Å². The Labute approximate surface area is 166 Å². The zero-order valence-electron chi connectivity index (χ0n) is 15.7. The zero-order valence-corrected chi connectivity index (χ0v) is 16.5. The van der Waals surface area contributed by atoms with Crippen molar-refractivity contribution >= 4 is 17.2 Å². The molecule has 0 radical (unpaired) electrons. The summed E-state index contributed by atoms with van der Waals surface area (Å²) in [5.41, 5.74) is 0.998. The van der Waals surface area contributed by atoms with E-state index in [0.29, 0.717) is 36.6 Å². The van der Waals surface area contributed by atoms with Gasteiger partial charge in [0.15, 0.2) is 11.5 Å². The highest BCUT2D eigenvalue weighted by Crippen LogP contribution is 2.30. The van der Waals surface area contributed by atoms with E-state index >= 15 is 0 Å². The summed E-state index contributed by atoms with van der Waals surface area (Å²) in [4.78, 5) is 25.5. The molecule has 0 fully saturated rings. The molecule has 1 amide bonds. The SMILES string of the molecule is COc1cccc(C(=O)NCCCn2nc(-c3cccs3)ccc2=O)c1OC. The van der Waals surface area contributed by atoms with Gasteiger partial charge in [0.25, 0.3) is 11.5 Å². The molecule has 1 aromatic carbocycles. The Balaban J connectivity index is 1.60. The number of benzene rings is 1. The number of methoxy groups -OCH3 is 2. The first kappa shape index (κ1) is 19.6. The minimum absolute atomic E-state index is 0.166. The van der Waals surface area contributed by atoms with Gasteiger partial charge in [-0.25, -0.2) is 4.68 Å². The lowest BCUT2D eigenvalue weighted by Gasteiger charge is -2.12. The number of ether oxygens (including phenoxy) is 2. The number of amides is 1. The lowest BCUT2D eigenvalue weighted by Crippen LogP contribution is -2.28. The van der Waals surface area contributed by atoms with E-state index in [-0.39, 0.29) is 11.5 Å². The lowest BCUT2D eigenvalue weighted by molar-refractivity contribution is 0.0949. The molecule has 3 rings (SSSR count). The van der Waals surface area contributed by atoms with Gasteiger partial charge < -0.3 is 14.8 Å². The largest absolute Gasteiger partial charge is 0.493 e. The van der Waals surface area contributed by atoms with E-state index in [0.717, 1.165) is 10.6 Å². The van der Waals surface area contributed by atoms with Crippen LogP contribution in [0.3, 0.4) is 0 Å². The van der Waals surface area contributed by atoms with Crippen LogP contribution in [0.25, 0.3) is 10.6 Å². The maximum Gasteiger partial charge on any atom is 0.266 e. The first-order chi connectivity index (χ1) is 13.6. The van der Waals surface area contributed by atoms with Gasteiger partial charge in [-0.3, -0.25) is 9.59 Å². The highest BCUT2D eigenvalue weighted by molar-refractivity contribution is 7.13. The minimum Gasteiger partial charge on any atom is -0.493 e. The number of hydrogen-bond acceptors (Lipinski definition) is 6. The third kappa shape index (κ3) is 4.40. The third-order valence-electron chi connectivity index (χ3n) is 4.12. The second kappa shape index (κ2) is 9.18. The summed E-state index contributed by atoms with van der Waals surface area (Å²) in [6.45, 7) is 0.810. The second-order valence-corrected chi connectivity index (χ2v) is 6.86. The molecule has 2 aromatic heterocycles. The number of aromatic nitrogens is 2. The summed E-state index contributed by atoms with van der Waals surface area (Å²) < 4.78 is 11.9. The molecule has 0 spiro atoms. The van der Waals surface area contributed by atoms with E-state index < -0.39 is 0 Å². The van der Waals surface area contributed by atoms with Crippen molar-refractivity contribution in [1.29, 1.82) is 0 Å². The van der Waals surface area contributed by atoms with Gasteiger partial charge in [-0.1, -0.05) is 12.1 Å². The van der Waals surface area contributed by atoms with Gasteiger partial charge in [-0.15, -0.1) is 11.3 Å². The first-order valence-corrected chi connectivity index (χ1v) is 9.63. The summed E-state index contributed by atoms with van der Waals surface area (Å²) in [6, 6.07) is 12.3. The number of rotatable bonds is 8. The van der Waals surface area contributed by atoms with Crippen molar-refractivity contribution < 1.29 is 14.3 Å². The van der Waals surface area contributed by atoms with Crippen molar-refractivity contribution in [3.05, 3.63) is 63.8 Å². The number of para-hydroxylation sites is 1. The van der Waals surface area contributed by atoms with E-state index in [9.17, 15) is 9.59 Å². The van der Waals surface area contributed by atoms with Gasteiger partial charge >= 0.3 is 0 Å². The number of nitrogens with zero attached hydrogens (tertiary/aromatic N) is 2. The van der Waals surface area contributed by atoms with E-state index in [1.165, 1.54) is 25.0 Å². The molecule has 0 atom stereocenters. The van der Waals surface area contributed by atoms with Crippen LogP contribution in [-0.4, -0.2) is 36.5 Å². The van der Waals surface area contributed by atoms with Gasteiger partial charge in [0.2, 0.25) is 0 Å². The van der Waals surface area contributed by atoms with Crippen LogP contribution in [-0.2, 0) is 6.54 Å². The number of hydrogen-bond donors (Lipinski definition) is 1. The topological polar surface area (TPSA) is 82.5 Å². The summed E-state index contributed by atoms with van der Waals surface area (Å²) in [6.07, 6.45) is 0.568. The number of thiophene rings is 1. The Morgan fingerprint density at radius 2 is 2.00 bits per heavy atom. The van der Waals surface area contributed by atoms with Crippen molar-refractivity contribution in [3.63, 3.8) is 0 Å². The fourth-order valence-corrected chi connectivity index (χ4v) is 3.45. The molecule has 7 nitrogen and oxygen atoms in total. The van der Waals surface area contributed by atoms with Crippen LogP contribution in [0.1, 0.15) is 16.8 Å². The summed E-state index contributed by atoms with van der Waals surface area (Å²) in [7, 11) is 3.02. The highest BCUT2D eigenvalue weighted by Gasteiger charge is 2.15. The number of nitrogens with one attached hydrogen (secondary N) is 1. The van der Waals surface area contributed by atoms with Crippen molar-refractivity contribution in [2.45, 2.75) is 13.0 Å². The lowest BCUT2D eigenvalue weighted by atomic mass is 10.1. The third-order valence-corrected chi connectivity index (χ3v) is 5.01. The normalized spacial score (nSPS) is 10.5. The molecule has 28 heavy (non-hydrogen) atoms. The average molecular weight is 399 g/mol. The number of carbonyl (C=O) groups excluding carboxylic acids is 1. The highest BCUT2D eigenvalue weighted by atomic mass is 32.1. The summed E-state index contributed by atoms with van der Waals surface area (Å²) in [5.74, 6) is 0.628. The molecule has 146 valence electrons. The van der Waals surface area contributed by atoms with Crippen molar-refractivity contribution in [2.24, 2.45) is 0 Å². The molecule has 2 heterocycles. The van der Waals surface area contributed by atoms with Gasteiger partial charge in [-0.2, -0.15) is 5.10 Å². The monoisotopic (exact) mass is 399 g/mol. The molecule has 1 N–H and O–H groups in total. The van der Waals surface area contributed by atoms with Crippen LogP contribution in [0.5, 0.6) is 11.5 Å². The Kier molecular flexibility index (Phi) is 6.44. The van der Waals surface area contributed by atoms with Crippen LogP contribution >= 0.6 is 11.3 Å². The van der Waals surface area contributed by atoms with Gasteiger partial charge in [-0.05, 0) is 36.1 Å². The molecule has 0 aliphatic rings. The van der Waals surface area contributed by atoms with E-state index in [1.54, 1.807) is 35.6 Å². The molecular formula is C20H21N3O4S. The van der Waals surface area contributed by atoms with Crippen molar-refractivity contribution in [3.8, 4) is 22.1 Å². The van der Waals surface area contributed by atoms with Gasteiger partial charge in [0.1, 0.15) is 5.69 Å². The van der Waals surface area contributed by atoms with Crippen LogP contribution in [0.2, 0.25) is 0 Å². The van der Waals surface area contributed by atoms with Crippen molar-refractivity contribution in [1.82, 2.24) is 15.1 Å². The van der Waals surface area contributed by atoms with Crippen LogP contribution in [0, 0.1) is 0 Å². The van der Waals surface area contributed by atoms with E-state index in [1.807, 2.05) is 17.5 Å². The molecule has 0 saturated carbocycles. The fourth-order valence-electron chi connectivity index (χ4n) is 2.76.